The molecule has 9 heteroatoms. The predicted octanol–water partition coefficient (Wildman–Crippen LogP) is 3.80. The van der Waals surface area contributed by atoms with Gasteiger partial charge in [-0.1, -0.05) is 36.4 Å². The van der Waals surface area contributed by atoms with Crippen LogP contribution in [-0.2, 0) is 24.4 Å². The van der Waals surface area contributed by atoms with Gasteiger partial charge in [0.25, 0.3) is 0 Å². The van der Waals surface area contributed by atoms with Crippen molar-refractivity contribution in [3.05, 3.63) is 65.2 Å². The van der Waals surface area contributed by atoms with Gasteiger partial charge < -0.3 is 19.7 Å². The van der Waals surface area contributed by atoms with Crippen molar-refractivity contribution in [1.82, 2.24) is 15.1 Å². The Morgan fingerprint density at radius 3 is 2.12 bits per heavy atom. The monoisotopic (exact) mass is 451 g/mol. The maximum Gasteiger partial charge on any atom is 0.411 e. The third kappa shape index (κ3) is 7.72. The SMILES string of the molecule is COc1ccc(CN2CCN(C(=O)NCc3ccc(COCC(F)(F)F)cc3)CC2)cc1. The molecule has 174 valence electrons. The highest BCUT2D eigenvalue weighted by Crippen LogP contribution is 2.16. The second-order valence-electron chi connectivity index (χ2n) is 7.69. The normalized spacial score (nSPS) is 14.9. The molecule has 1 heterocycles. The van der Waals surface area contributed by atoms with E-state index in [-0.39, 0.29) is 12.6 Å². The fourth-order valence-electron chi connectivity index (χ4n) is 3.43. The summed E-state index contributed by atoms with van der Waals surface area (Å²) in [5.41, 5.74) is 2.73. The van der Waals surface area contributed by atoms with Crippen LogP contribution in [0.1, 0.15) is 16.7 Å². The van der Waals surface area contributed by atoms with Crippen LogP contribution in [0, 0.1) is 0 Å². The molecule has 0 saturated carbocycles. The van der Waals surface area contributed by atoms with Crippen molar-refractivity contribution in [1.29, 1.82) is 0 Å². The summed E-state index contributed by atoms with van der Waals surface area (Å²) >= 11 is 0. The Morgan fingerprint density at radius 1 is 0.938 bits per heavy atom. The number of hydrogen-bond acceptors (Lipinski definition) is 4. The molecule has 0 radical (unpaired) electrons. The number of halogens is 3. The van der Waals surface area contributed by atoms with E-state index in [9.17, 15) is 18.0 Å². The van der Waals surface area contributed by atoms with E-state index < -0.39 is 12.8 Å². The number of urea groups is 1. The van der Waals surface area contributed by atoms with E-state index in [1.165, 1.54) is 5.56 Å². The minimum atomic E-state index is -4.33. The largest absolute Gasteiger partial charge is 0.497 e. The summed E-state index contributed by atoms with van der Waals surface area (Å²) in [7, 11) is 1.64. The van der Waals surface area contributed by atoms with Crippen LogP contribution in [0.25, 0.3) is 0 Å². The molecule has 1 fully saturated rings. The summed E-state index contributed by atoms with van der Waals surface area (Å²) in [5, 5.41) is 2.90. The molecule has 2 aromatic carbocycles. The van der Waals surface area contributed by atoms with E-state index in [2.05, 4.69) is 15.0 Å². The van der Waals surface area contributed by atoms with E-state index in [1.807, 2.05) is 24.3 Å². The number of methoxy groups -OCH3 is 1. The third-order valence-corrected chi connectivity index (χ3v) is 5.23. The zero-order chi connectivity index (χ0) is 23.0. The van der Waals surface area contributed by atoms with Crippen LogP contribution in [-0.4, -0.2) is 61.9 Å². The molecular formula is C23H28F3N3O3. The molecular weight excluding hydrogens is 423 g/mol. The Hall–Kier alpha value is -2.78. The molecule has 0 atom stereocenters. The van der Waals surface area contributed by atoms with E-state index in [1.54, 1.807) is 36.3 Å². The molecule has 0 bridgehead atoms. The first-order valence-corrected chi connectivity index (χ1v) is 10.4. The van der Waals surface area contributed by atoms with E-state index >= 15 is 0 Å². The number of benzene rings is 2. The molecule has 32 heavy (non-hydrogen) atoms. The van der Waals surface area contributed by atoms with Crippen molar-refractivity contribution < 1.29 is 27.4 Å². The standard InChI is InChI=1S/C23H28F3N3O3/c1-31-21-8-6-19(7-9-21)15-28-10-12-29(13-11-28)22(30)27-14-18-2-4-20(5-3-18)16-32-17-23(24,25)26/h2-9H,10-17H2,1H3,(H,27,30). The first-order valence-electron chi connectivity index (χ1n) is 10.4. The smallest absolute Gasteiger partial charge is 0.411 e. The highest BCUT2D eigenvalue weighted by Gasteiger charge is 2.27. The van der Waals surface area contributed by atoms with Crippen molar-refractivity contribution in [3.8, 4) is 5.75 Å². The van der Waals surface area contributed by atoms with Crippen LogP contribution in [0.15, 0.2) is 48.5 Å². The quantitative estimate of drug-likeness (QED) is 0.664. The topological polar surface area (TPSA) is 54.0 Å². The van der Waals surface area contributed by atoms with Crippen LogP contribution in [0.4, 0.5) is 18.0 Å². The Kier molecular flexibility index (Phi) is 8.35. The number of rotatable bonds is 8. The van der Waals surface area contributed by atoms with Gasteiger partial charge in [-0.25, -0.2) is 4.79 Å². The van der Waals surface area contributed by atoms with Crippen LogP contribution in [0.3, 0.4) is 0 Å². The van der Waals surface area contributed by atoms with E-state index in [0.29, 0.717) is 25.2 Å². The summed E-state index contributed by atoms with van der Waals surface area (Å²) in [5.74, 6) is 0.833. The summed E-state index contributed by atoms with van der Waals surface area (Å²) in [4.78, 5) is 16.6. The van der Waals surface area contributed by atoms with Crippen LogP contribution >= 0.6 is 0 Å². The summed E-state index contributed by atoms with van der Waals surface area (Å²) in [6.45, 7) is 2.71. The highest BCUT2D eigenvalue weighted by atomic mass is 19.4. The Bertz CT molecular complexity index is 850. The molecule has 0 aromatic heterocycles. The lowest BCUT2D eigenvalue weighted by molar-refractivity contribution is -0.176. The number of nitrogens with zero attached hydrogens (tertiary/aromatic N) is 2. The molecule has 0 aliphatic carbocycles. The van der Waals surface area contributed by atoms with E-state index in [0.717, 1.165) is 30.9 Å². The lowest BCUT2D eigenvalue weighted by atomic mass is 10.1. The van der Waals surface area contributed by atoms with Gasteiger partial charge in [-0.3, -0.25) is 4.90 Å². The Balaban J connectivity index is 1.36. The van der Waals surface area contributed by atoms with Gasteiger partial charge in [0.2, 0.25) is 0 Å². The molecule has 1 saturated heterocycles. The number of ether oxygens (including phenoxy) is 2. The summed E-state index contributed by atoms with van der Waals surface area (Å²) < 4.78 is 46.2. The summed E-state index contributed by atoms with van der Waals surface area (Å²) in [6, 6.07) is 14.8. The van der Waals surface area contributed by atoms with Crippen LogP contribution in [0.5, 0.6) is 5.75 Å². The van der Waals surface area contributed by atoms with E-state index in [4.69, 9.17) is 4.74 Å². The molecule has 1 N–H and O–H groups in total. The van der Waals surface area contributed by atoms with Crippen LogP contribution in [0.2, 0.25) is 0 Å². The van der Waals surface area contributed by atoms with Gasteiger partial charge in [0.05, 0.1) is 13.7 Å². The number of alkyl halides is 3. The van der Waals surface area contributed by atoms with Crippen molar-refractivity contribution >= 4 is 6.03 Å². The molecule has 1 aliphatic heterocycles. The first kappa shape index (κ1) is 23.9. The van der Waals surface area contributed by atoms with Gasteiger partial charge in [0.15, 0.2) is 0 Å². The lowest BCUT2D eigenvalue weighted by Crippen LogP contribution is -2.51. The lowest BCUT2D eigenvalue weighted by Gasteiger charge is -2.34. The molecule has 1 aliphatic rings. The van der Waals surface area contributed by atoms with Gasteiger partial charge in [0, 0.05) is 39.3 Å². The number of hydrogen-bond donors (Lipinski definition) is 1. The third-order valence-electron chi connectivity index (χ3n) is 5.23. The van der Waals surface area contributed by atoms with Gasteiger partial charge in [-0.15, -0.1) is 0 Å². The Labute approximate surface area is 185 Å². The molecule has 6 nitrogen and oxygen atoms in total. The number of carbonyl (C=O) groups is 1. The zero-order valence-electron chi connectivity index (χ0n) is 18.0. The van der Waals surface area contributed by atoms with Gasteiger partial charge in [0.1, 0.15) is 12.4 Å². The fraction of sp³-hybridized carbons (Fsp3) is 0.435. The summed E-state index contributed by atoms with van der Waals surface area (Å²) in [6.07, 6.45) is -4.33. The second-order valence-corrected chi connectivity index (χ2v) is 7.69. The van der Waals surface area contributed by atoms with Gasteiger partial charge in [-0.05, 0) is 28.8 Å². The minimum Gasteiger partial charge on any atom is -0.497 e. The van der Waals surface area contributed by atoms with Crippen LogP contribution < -0.4 is 10.1 Å². The second kappa shape index (κ2) is 11.2. The predicted molar refractivity (Wildman–Crippen MR) is 114 cm³/mol. The maximum atomic E-state index is 12.5. The van der Waals surface area contributed by atoms with Crippen molar-refractivity contribution in [2.24, 2.45) is 0 Å². The van der Waals surface area contributed by atoms with Crippen molar-refractivity contribution in [3.63, 3.8) is 0 Å². The fourth-order valence-corrected chi connectivity index (χ4v) is 3.43. The number of amides is 2. The van der Waals surface area contributed by atoms with Gasteiger partial charge in [-0.2, -0.15) is 13.2 Å². The molecule has 2 amide bonds. The highest BCUT2D eigenvalue weighted by molar-refractivity contribution is 5.74. The van der Waals surface area contributed by atoms with Crippen molar-refractivity contribution in [2.45, 2.75) is 25.9 Å². The molecule has 0 spiro atoms. The number of carbonyl (C=O) groups excluding carboxylic acids is 1. The number of piperazine rings is 1. The average Bonchev–Trinajstić information content (AvgIpc) is 2.78. The maximum absolute atomic E-state index is 12.5. The van der Waals surface area contributed by atoms with Crippen molar-refractivity contribution in [2.75, 3.05) is 39.9 Å². The molecule has 3 rings (SSSR count). The minimum absolute atomic E-state index is 0.104. The Morgan fingerprint density at radius 2 is 1.53 bits per heavy atom. The average molecular weight is 451 g/mol. The van der Waals surface area contributed by atoms with Gasteiger partial charge >= 0.3 is 12.2 Å². The first-order chi connectivity index (χ1) is 15.3. The number of nitrogens with one attached hydrogen (secondary N) is 1. The zero-order valence-corrected chi connectivity index (χ0v) is 18.0. The molecule has 2 aromatic rings. The molecule has 0 unspecified atom stereocenters.